The highest BCUT2D eigenvalue weighted by Crippen LogP contribution is 2.29. The van der Waals surface area contributed by atoms with E-state index in [1.54, 1.807) is 19.9 Å². The minimum Gasteiger partial charge on any atom is -0.398 e. The van der Waals surface area contributed by atoms with Gasteiger partial charge in [-0.25, -0.2) is 8.42 Å². The number of aromatic nitrogens is 1. The molecule has 0 aliphatic carbocycles. The first-order valence-corrected chi connectivity index (χ1v) is 7.60. The molecule has 20 heavy (non-hydrogen) atoms. The van der Waals surface area contributed by atoms with Gasteiger partial charge >= 0.3 is 0 Å². The fraction of sp³-hybridized carbons (Fsp3) is 0.250. The number of nitrogens with two attached hydrogens (primary N) is 1. The monoisotopic (exact) mass is 315 g/mol. The van der Waals surface area contributed by atoms with E-state index in [4.69, 9.17) is 21.9 Å². The van der Waals surface area contributed by atoms with Crippen molar-refractivity contribution >= 4 is 33.0 Å². The maximum absolute atomic E-state index is 12.4. The molecule has 0 fully saturated rings. The van der Waals surface area contributed by atoms with Crippen LogP contribution in [0.25, 0.3) is 0 Å². The summed E-state index contributed by atoms with van der Waals surface area (Å²) in [4.78, 5) is 0.0323. The average molecular weight is 316 g/mol. The van der Waals surface area contributed by atoms with Crippen LogP contribution in [0.2, 0.25) is 5.02 Å². The van der Waals surface area contributed by atoms with E-state index in [9.17, 15) is 8.42 Å². The standard InChI is InChI=1S/C12H14ClN3O3S/c1-6-4-10(14)9(13)5-11(6)16-20(17,18)12-7(2)15-19-8(12)3/h4-5,16H,14H2,1-3H3. The third kappa shape index (κ3) is 2.59. The van der Waals surface area contributed by atoms with E-state index in [1.807, 2.05) is 0 Å². The van der Waals surface area contributed by atoms with Crippen LogP contribution in [-0.2, 0) is 10.0 Å². The molecule has 1 heterocycles. The lowest BCUT2D eigenvalue weighted by molar-refractivity contribution is 0.390. The number of nitrogens with zero attached hydrogens (tertiary/aromatic N) is 1. The molecule has 1 aromatic carbocycles. The molecular weight excluding hydrogens is 302 g/mol. The van der Waals surface area contributed by atoms with Crippen molar-refractivity contribution in [2.45, 2.75) is 25.7 Å². The van der Waals surface area contributed by atoms with Gasteiger partial charge < -0.3 is 10.3 Å². The molecule has 2 aromatic rings. The van der Waals surface area contributed by atoms with Crippen molar-refractivity contribution < 1.29 is 12.9 Å². The Hall–Kier alpha value is -1.73. The summed E-state index contributed by atoms with van der Waals surface area (Å²) in [5.74, 6) is 0.231. The van der Waals surface area contributed by atoms with Crippen molar-refractivity contribution in [3.63, 3.8) is 0 Å². The van der Waals surface area contributed by atoms with Gasteiger partial charge in [-0.15, -0.1) is 0 Å². The molecule has 0 radical (unpaired) electrons. The molecule has 2 rings (SSSR count). The predicted octanol–water partition coefficient (Wildman–Crippen LogP) is 2.64. The summed E-state index contributed by atoms with van der Waals surface area (Å²) in [6.07, 6.45) is 0. The second-order valence-corrected chi connectivity index (χ2v) is 6.47. The normalized spacial score (nSPS) is 11.6. The molecule has 0 spiro atoms. The largest absolute Gasteiger partial charge is 0.398 e. The number of hydrogen-bond donors (Lipinski definition) is 2. The van der Waals surface area contributed by atoms with Crippen LogP contribution in [0.4, 0.5) is 11.4 Å². The Morgan fingerprint density at radius 2 is 1.95 bits per heavy atom. The first-order valence-electron chi connectivity index (χ1n) is 5.73. The van der Waals surface area contributed by atoms with Crippen LogP contribution < -0.4 is 10.5 Å². The van der Waals surface area contributed by atoms with Crippen LogP contribution in [0.1, 0.15) is 17.0 Å². The van der Waals surface area contributed by atoms with Gasteiger partial charge in [0.25, 0.3) is 10.0 Å². The molecule has 6 nitrogen and oxygen atoms in total. The topological polar surface area (TPSA) is 98.2 Å². The first kappa shape index (κ1) is 14.7. The van der Waals surface area contributed by atoms with E-state index in [2.05, 4.69) is 9.88 Å². The highest BCUT2D eigenvalue weighted by Gasteiger charge is 2.24. The number of hydrogen-bond acceptors (Lipinski definition) is 5. The molecule has 8 heteroatoms. The summed E-state index contributed by atoms with van der Waals surface area (Å²) in [5, 5.41) is 3.92. The van der Waals surface area contributed by atoms with Crippen LogP contribution in [-0.4, -0.2) is 13.6 Å². The van der Waals surface area contributed by atoms with Gasteiger partial charge in [0.1, 0.15) is 5.69 Å². The van der Waals surface area contributed by atoms with E-state index in [1.165, 1.54) is 13.0 Å². The third-order valence-corrected chi connectivity index (χ3v) is 4.76. The minimum absolute atomic E-state index is 0.0323. The van der Waals surface area contributed by atoms with Crippen molar-refractivity contribution in [1.29, 1.82) is 0 Å². The summed E-state index contributed by atoms with van der Waals surface area (Å²) >= 11 is 5.91. The molecule has 0 unspecified atom stereocenters. The lowest BCUT2D eigenvalue weighted by Crippen LogP contribution is -2.15. The minimum atomic E-state index is -3.79. The number of nitrogens with one attached hydrogen (secondary N) is 1. The summed E-state index contributed by atoms with van der Waals surface area (Å²) < 4.78 is 32.1. The highest BCUT2D eigenvalue weighted by molar-refractivity contribution is 7.92. The average Bonchev–Trinajstić information content (AvgIpc) is 2.66. The number of sulfonamides is 1. The van der Waals surface area contributed by atoms with Gasteiger partial charge in [0.2, 0.25) is 0 Å². The predicted molar refractivity (Wildman–Crippen MR) is 77.4 cm³/mol. The number of nitrogen functional groups attached to an aromatic ring is 1. The molecule has 0 atom stereocenters. The van der Waals surface area contributed by atoms with Gasteiger partial charge in [0.05, 0.1) is 16.4 Å². The van der Waals surface area contributed by atoms with E-state index < -0.39 is 10.0 Å². The molecular formula is C12H14ClN3O3S. The lowest BCUT2D eigenvalue weighted by atomic mass is 10.2. The molecule has 1 aromatic heterocycles. The Morgan fingerprint density at radius 3 is 2.50 bits per heavy atom. The van der Waals surface area contributed by atoms with Crippen molar-refractivity contribution in [3.05, 3.63) is 34.2 Å². The molecule has 0 amide bonds. The quantitative estimate of drug-likeness (QED) is 0.848. The Labute approximate surface area is 122 Å². The van der Waals surface area contributed by atoms with Gasteiger partial charge in [-0.2, -0.15) is 0 Å². The molecule has 0 aliphatic rings. The second-order valence-electron chi connectivity index (χ2n) is 4.45. The number of anilines is 2. The van der Waals surface area contributed by atoms with Crippen molar-refractivity contribution in [3.8, 4) is 0 Å². The fourth-order valence-electron chi connectivity index (χ4n) is 1.87. The van der Waals surface area contributed by atoms with Crippen LogP contribution in [0.5, 0.6) is 0 Å². The second kappa shape index (κ2) is 4.99. The van der Waals surface area contributed by atoms with E-state index in [0.717, 1.165) is 0 Å². The number of benzene rings is 1. The van der Waals surface area contributed by atoms with Crippen LogP contribution in [0.3, 0.4) is 0 Å². The SMILES string of the molecule is Cc1cc(N)c(Cl)cc1NS(=O)(=O)c1c(C)noc1C. The molecule has 0 bridgehead atoms. The highest BCUT2D eigenvalue weighted by atomic mass is 35.5. The Bertz CT molecular complexity index is 749. The maximum Gasteiger partial charge on any atom is 0.267 e. The van der Waals surface area contributed by atoms with Gasteiger partial charge in [-0.3, -0.25) is 4.72 Å². The summed E-state index contributed by atoms with van der Waals surface area (Å²) in [6.45, 7) is 4.84. The Morgan fingerprint density at radius 1 is 1.30 bits per heavy atom. The number of halogens is 1. The van der Waals surface area contributed by atoms with Crippen molar-refractivity contribution in [2.75, 3.05) is 10.5 Å². The van der Waals surface area contributed by atoms with Gasteiger partial charge in [-0.05, 0) is 38.5 Å². The van der Waals surface area contributed by atoms with Crippen LogP contribution in [0, 0.1) is 20.8 Å². The van der Waals surface area contributed by atoms with E-state index in [-0.39, 0.29) is 15.7 Å². The van der Waals surface area contributed by atoms with Gasteiger partial charge in [0, 0.05) is 0 Å². The van der Waals surface area contributed by atoms with E-state index >= 15 is 0 Å². The molecule has 0 aliphatic heterocycles. The van der Waals surface area contributed by atoms with Crippen molar-refractivity contribution in [2.24, 2.45) is 0 Å². The first-order chi connectivity index (χ1) is 9.22. The number of aryl methyl sites for hydroxylation is 3. The number of rotatable bonds is 3. The Balaban J connectivity index is 2.47. The smallest absolute Gasteiger partial charge is 0.267 e. The summed E-state index contributed by atoms with van der Waals surface area (Å²) in [7, 11) is -3.79. The lowest BCUT2D eigenvalue weighted by Gasteiger charge is -2.11. The Kier molecular flexibility index (Phi) is 3.66. The third-order valence-electron chi connectivity index (χ3n) is 2.82. The zero-order valence-corrected chi connectivity index (χ0v) is 12.8. The summed E-state index contributed by atoms with van der Waals surface area (Å²) in [6, 6.07) is 3.08. The fourth-order valence-corrected chi connectivity index (χ4v) is 3.48. The summed E-state index contributed by atoms with van der Waals surface area (Å²) in [5.41, 5.74) is 7.39. The maximum atomic E-state index is 12.4. The van der Waals surface area contributed by atoms with Crippen LogP contribution >= 0.6 is 11.6 Å². The molecule has 0 saturated carbocycles. The van der Waals surface area contributed by atoms with E-state index in [0.29, 0.717) is 22.6 Å². The van der Waals surface area contributed by atoms with Gasteiger partial charge in [0.15, 0.2) is 10.7 Å². The van der Waals surface area contributed by atoms with Gasteiger partial charge in [-0.1, -0.05) is 16.8 Å². The molecule has 0 saturated heterocycles. The zero-order valence-electron chi connectivity index (χ0n) is 11.2. The van der Waals surface area contributed by atoms with Crippen molar-refractivity contribution in [1.82, 2.24) is 5.16 Å². The zero-order chi connectivity index (χ0) is 15.1. The molecule has 108 valence electrons. The van der Waals surface area contributed by atoms with Crippen LogP contribution in [0.15, 0.2) is 21.6 Å². The molecule has 3 N–H and O–H groups in total.